The molecule has 0 bridgehead atoms. The second-order valence-corrected chi connectivity index (χ2v) is 11.0. The van der Waals surface area contributed by atoms with Crippen molar-refractivity contribution in [2.45, 2.75) is 25.7 Å². The number of hydrogen-bond donors (Lipinski definition) is 0. The van der Waals surface area contributed by atoms with Crippen molar-refractivity contribution in [2.24, 2.45) is 7.05 Å². The van der Waals surface area contributed by atoms with Gasteiger partial charge in [-0.3, -0.25) is 0 Å². The minimum absolute atomic E-state index is 0.120. The molecule has 1 heterocycles. The molecule has 0 fully saturated rings. The maximum absolute atomic E-state index is 6.48. The molecular weight excluding hydrogens is 288 g/mol. The van der Waals surface area contributed by atoms with E-state index in [1.54, 1.807) is 0 Å². The average molecular weight is 310 g/mol. The third-order valence-corrected chi connectivity index (χ3v) is 4.57. The SMILES string of the molecule is Cn1c(C(O[Si](C)(C)C)c2ccccc2)nc2ccccc21. The van der Waals surface area contributed by atoms with Crippen LogP contribution < -0.4 is 0 Å². The summed E-state index contributed by atoms with van der Waals surface area (Å²) >= 11 is 0. The highest BCUT2D eigenvalue weighted by atomic mass is 28.4. The van der Waals surface area contributed by atoms with Crippen molar-refractivity contribution >= 4 is 19.4 Å². The lowest BCUT2D eigenvalue weighted by molar-refractivity contribution is 0.226. The lowest BCUT2D eigenvalue weighted by Crippen LogP contribution is -2.29. The minimum atomic E-state index is -1.71. The van der Waals surface area contributed by atoms with Gasteiger partial charge in [-0.25, -0.2) is 4.98 Å². The lowest BCUT2D eigenvalue weighted by Gasteiger charge is -2.26. The zero-order valence-corrected chi connectivity index (χ0v) is 14.6. The maximum atomic E-state index is 6.48. The number of benzene rings is 2. The molecular formula is C18H22N2OSi. The molecule has 1 unspecified atom stereocenters. The quantitative estimate of drug-likeness (QED) is 0.663. The molecule has 0 spiro atoms. The first-order valence-corrected chi connectivity index (χ1v) is 11.0. The van der Waals surface area contributed by atoms with E-state index in [1.165, 1.54) is 0 Å². The third-order valence-electron chi connectivity index (χ3n) is 3.63. The van der Waals surface area contributed by atoms with Crippen molar-refractivity contribution in [1.82, 2.24) is 9.55 Å². The number of rotatable bonds is 4. The minimum Gasteiger partial charge on any atom is -0.404 e. The molecule has 0 amide bonds. The molecule has 2 aromatic carbocycles. The van der Waals surface area contributed by atoms with Gasteiger partial charge in [0.05, 0.1) is 11.0 Å². The van der Waals surface area contributed by atoms with Gasteiger partial charge < -0.3 is 8.99 Å². The number of nitrogens with zero attached hydrogens (tertiary/aromatic N) is 2. The fraction of sp³-hybridized carbons (Fsp3) is 0.278. The van der Waals surface area contributed by atoms with Crippen LogP contribution in [-0.2, 0) is 11.5 Å². The van der Waals surface area contributed by atoms with E-state index in [-0.39, 0.29) is 6.10 Å². The van der Waals surface area contributed by atoms with E-state index in [4.69, 9.17) is 9.41 Å². The highest BCUT2D eigenvalue weighted by Gasteiger charge is 2.27. The Labute approximate surface area is 132 Å². The number of aryl methyl sites for hydroxylation is 1. The molecule has 1 aromatic heterocycles. The van der Waals surface area contributed by atoms with E-state index in [2.05, 4.69) is 67.7 Å². The molecule has 3 nitrogen and oxygen atoms in total. The van der Waals surface area contributed by atoms with Crippen molar-refractivity contribution in [3.05, 3.63) is 66.0 Å². The van der Waals surface area contributed by atoms with E-state index >= 15 is 0 Å². The van der Waals surface area contributed by atoms with E-state index < -0.39 is 8.32 Å². The molecule has 22 heavy (non-hydrogen) atoms. The molecule has 0 radical (unpaired) electrons. The molecule has 1 atom stereocenters. The standard InChI is InChI=1S/C18H22N2OSi/c1-20-16-13-9-8-12-15(16)19-18(20)17(21-22(2,3)4)14-10-6-5-7-11-14/h5-13,17H,1-4H3. The Balaban J connectivity index is 2.13. The molecule has 0 aliphatic carbocycles. The van der Waals surface area contributed by atoms with Gasteiger partial charge >= 0.3 is 0 Å². The Morgan fingerprint density at radius 2 is 1.59 bits per heavy atom. The van der Waals surface area contributed by atoms with E-state index in [0.717, 1.165) is 22.4 Å². The summed E-state index contributed by atoms with van der Waals surface area (Å²) in [6.07, 6.45) is -0.120. The first-order valence-electron chi connectivity index (χ1n) is 7.60. The Hall–Kier alpha value is -1.91. The van der Waals surface area contributed by atoms with Crippen LogP contribution in [0.5, 0.6) is 0 Å². The molecule has 4 heteroatoms. The van der Waals surface area contributed by atoms with Crippen LogP contribution >= 0.6 is 0 Å². The summed E-state index contributed by atoms with van der Waals surface area (Å²) < 4.78 is 8.62. The van der Waals surface area contributed by atoms with E-state index in [9.17, 15) is 0 Å². The number of imidazole rings is 1. The largest absolute Gasteiger partial charge is 0.404 e. The van der Waals surface area contributed by atoms with Gasteiger partial charge in [0.1, 0.15) is 11.9 Å². The summed E-state index contributed by atoms with van der Waals surface area (Å²) in [5, 5.41) is 0. The third kappa shape index (κ3) is 2.98. The highest BCUT2D eigenvalue weighted by molar-refractivity contribution is 6.69. The van der Waals surface area contributed by atoms with Crippen molar-refractivity contribution in [3.63, 3.8) is 0 Å². The predicted molar refractivity (Wildman–Crippen MR) is 93.4 cm³/mol. The van der Waals surface area contributed by atoms with Crippen LogP contribution in [0, 0.1) is 0 Å². The zero-order chi connectivity index (χ0) is 15.7. The van der Waals surface area contributed by atoms with Crippen LogP contribution in [0.15, 0.2) is 54.6 Å². The van der Waals surface area contributed by atoms with Crippen molar-refractivity contribution in [2.75, 3.05) is 0 Å². The van der Waals surface area contributed by atoms with E-state index in [0.29, 0.717) is 0 Å². The van der Waals surface area contributed by atoms with Gasteiger partial charge in [-0.1, -0.05) is 42.5 Å². The molecule has 114 valence electrons. The molecule has 0 N–H and O–H groups in total. The van der Waals surface area contributed by atoms with Gasteiger partial charge in [0, 0.05) is 7.05 Å². The Morgan fingerprint density at radius 3 is 2.23 bits per heavy atom. The molecule has 3 aromatic rings. The fourth-order valence-electron chi connectivity index (χ4n) is 2.65. The smallest absolute Gasteiger partial charge is 0.185 e. The van der Waals surface area contributed by atoms with Crippen molar-refractivity contribution in [1.29, 1.82) is 0 Å². The average Bonchev–Trinajstić information content (AvgIpc) is 2.82. The van der Waals surface area contributed by atoms with Crippen molar-refractivity contribution in [3.8, 4) is 0 Å². The van der Waals surface area contributed by atoms with Crippen LogP contribution in [-0.4, -0.2) is 17.9 Å². The van der Waals surface area contributed by atoms with Crippen LogP contribution in [0.3, 0.4) is 0 Å². The summed E-state index contributed by atoms with van der Waals surface area (Å²) in [5.41, 5.74) is 3.31. The molecule has 0 saturated heterocycles. The van der Waals surface area contributed by atoms with Crippen LogP contribution in [0.25, 0.3) is 11.0 Å². The molecule has 3 rings (SSSR count). The summed E-state index contributed by atoms with van der Waals surface area (Å²) in [6, 6.07) is 18.6. The number of fused-ring (bicyclic) bond motifs is 1. The second kappa shape index (κ2) is 5.70. The topological polar surface area (TPSA) is 27.1 Å². The Kier molecular flexibility index (Phi) is 3.89. The fourth-order valence-corrected chi connectivity index (χ4v) is 3.60. The van der Waals surface area contributed by atoms with Crippen LogP contribution in [0.2, 0.25) is 19.6 Å². The summed E-state index contributed by atoms with van der Waals surface area (Å²) in [7, 11) is 0.353. The van der Waals surface area contributed by atoms with Crippen LogP contribution in [0.4, 0.5) is 0 Å². The Bertz CT molecular complexity index is 775. The Morgan fingerprint density at radius 1 is 0.955 bits per heavy atom. The van der Waals surface area contributed by atoms with Gasteiger partial charge in [0.15, 0.2) is 8.32 Å². The van der Waals surface area contributed by atoms with Crippen molar-refractivity contribution < 1.29 is 4.43 Å². The normalized spacial score (nSPS) is 13.5. The maximum Gasteiger partial charge on any atom is 0.185 e. The molecule has 0 saturated carbocycles. The molecule has 0 aliphatic heterocycles. The monoisotopic (exact) mass is 310 g/mol. The predicted octanol–water partition coefficient (Wildman–Crippen LogP) is 4.51. The van der Waals surface area contributed by atoms with Gasteiger partial charge in [-0.2, -0.15) is 0 Å². The second-order valence-electron chi connectivity index (χ2n) is 6.54. The summed E-state index contributed by atoms with van der Waals surface area (Å²) in [4.78, 5) is 4.83. The number of aromatic nitrogens is 2. The number of hydrogen-bond acceptors (Lipinski definition) is 2. The lowest BCUT2D eigenvalue weighted by atomic mass is 10.1. The highest BCUT2D eigenvalue weighted by Crippen LogP contribution is 2.30. The first-order chi connectivity index (χ1) is 10.5. The first kappa shape index (κ1) is 15.0. The van der Waals surface area contributed by atoms with Crippen LogP contribution in [0.1, 0.15) is 17.5 Å². The van der Waals surface area contributed by atoms with Gasteiger partial charge in [-0.05, 0) is 37.3 Å². The van der Waals surface area contributed by atoms with E-state index in [1.807, 2.05) is 18.2 Å². The summed E-state index contributed by atoms with van der Waals surface area (Å²) in [5.74, 6) is 0.967. The molecule has 0 aliphatic rings. The zero-order valence-electron chi connectivity index (χ0n) is 13.6. The van der Waals surface area contributed by atoms with Gasteiger partial charge in [0.25, 0.3) is 0 Å². The summed E-state index contributed by atoms with van der Waals surface area (Å²) in [6.45, 7) is 6.64. The number of para-hydroxylation sites is 2. The van der Waals surface area contributed by atoms with Gasteiger partial charge in [-0.15, -0.1) is 0 Å². The van der Waals surface area contributed by atoms with Gasteiger partial charge in [0.2, 0.25) is 0 Å².